The van der Waals surface area contributed by atoms with Crippen LogP contribution in [0.3, 0.4) is 0 Å². The molecule has 0 spiro atoms. The molecule has 0 unspecified atom stereocenters. The summed E-state index contributed by atoms with van der Waals surface area (Å²) in [6, 6.07) is 21.1. The number of imidazole rings is 1. The Kier molecular flexibility index (Phi) is 9.41. The second-order valence-corrected chi connectivity index (χ2v) is 20.6. The standard InChI is InChI=1S/C30H31BrCl2N4O4SSi/c1-43(2,3)14-13-41-20-37-30(38)19-36(42(37,39)40)25-6-4-5-24(17-25)35-18-28(26-12-11-23(32)16-27(26)33)34-29(35)15-21-7-9-22(31)10-8-21/h4-12,16-18H,13-15,19-20H2,1-3H3. The van der Waals surface area contributed by atoms with Gasteiger partial charge in [0.05, 0.1) is 16.4 Å². The van der Waals surface area contributed by atoms with Crippen molar-refractivity contribution in [3.8, 4) is 16.9 Å². The van der Waals surface area contributed by atoms with Crippen LogP contribution in [-0.2, 0) is 26.2 Å². The SMILES string of the molecule is C[Si](C)(C)CCOCN1C(=O)CN(c2cccc(-n3cc(-c4ccc(Cl)cc4Cl)nc3Cc3ccc(Br)cc3)c2)S1(=O)=O. The lowest BCUT2D eigenvalue weighted by molar-refractivity contribution is -0.127. The van der Waals surface area contributed by atoms with E-state index in [2.05, 4.69) is 35.6 Å². The number of carbonyl (C=O) groups excluding carboxylic acids is 1. The van der Waals surface area contributed by atoms with E-state index in [-0.39, 0.29) is 13.3 Å². The maximum atomic E-state index is 13.4. The molecule has 1 fully saturated rings. The fourth-order valence-electron chi connectivity index (χ4n) is 4.60. The summed E-state index contributed by atoms with van der Waals surface area (Å²) in [6.07, 6.45) is 2.37. The molecular formula is C30H31BrCl2N4O4SSi. The van der Waals surface area contributed by atoms with Crippen molar-refractivity contribution < 1.29 is 17.9 Å². The van der Waals surface area contributed by atoms with Crippen molar-refractivity contribution in [2.75, 3.05) is 24.2 Å². The van der Waals surface area contributed by atoms with Crippen molar-refractivity contribution in [1.29, 1.82) is 0 Å². The zero-order valence-corrected chi connectivity index (χ0v) is 28.8. The molecule has 0 N–H and O–H groups in total. The molecule has 2 heterocycles. The van der Waals surface area contributed by atoms with Gasteiger partial charge in [-0.15, -0.1) is 0 Å². The van der Waals surface area contributed by atoms with E-state index in [1.807, 2.05) is 47.2 Å². The van der Waals surface area contributed by atoms with Crippen LogP contribution in [0.2, 0.25) is 35.7 Å². The summed E-state index contributed by atoms with van der Waals surface area (Å²) in [5, 5.41) is 0.989. The molecule has 0 radical (unpaired) electrons. The number of amides is 1. The number of hydrogen-bond donors (Lipinski definition) is 0. The van der Waals surface area contributed by atoms with Crippen LogP contribution < -0.4 is 4.31 Å². The van der Waals surface area contributed by atoms with Crippen LogP contribution >= 0.6 is 39.1 Å². The molecule has 226 valence electrons. The average molecular weight is 723 g/mol. The van der Waals surface area contributed by atoms with Gasteiger partial charge in [-0.25, -0.2) is 9.29 Å². The van der Waals surface area contributed by atoms with Crippen LogP contribution in [0.4, 0.5) is 5.69 Å². The van der Waals surface area contributed by atoms with E-state index in [1.54, 1.807) is 30.3 Å². The predicted octanol–water partition coefficient (Wildman–Crippen LogP) is 7.41. The minimum atomic E-state index is -4.11. The van der Waals surface area contributed by atoms with Gasteiger partial charge in [0.2, 0.25) is 0 Å². The third-order valence-corrected chi connectivity index (χ3v) is 11.5. The highest BCUT2D eigenvalue weighted by atomic mass is 79.9. The highest BCUT2D eigenvalue weighted by Crippen LogP contribution is 2.33. The third kappa shape index (κ3) is 7.35. The number of carbonyl (C=O) groups is 1. The van der Waals surface area contributed by atoms with Crippen molar-refractivity contribution in [3.63, 3.8) is 0 Å². The molecule has 1 saturated heterocycles. The number of hydrogen-bond acceptors (Lipinski definition) is 5. The number of ether oxygens (including phenoxy) is 1. The maximum absolute atomic E-state index is 13.4. The van der Waals surface area contributed by atoms with Gasteiger partial charge < -0.3 is 9.30 Å². The molecule has 1 aliphatic rings. The zero-order valence-electron chi connectivity index (χ0n) is 23.9. The van der Waals surface area contributed by atoms with Crippen molar-refractivity contribution in [2.24, 2.45) is 0 Å². The van der Waals surface area contributed by atoms with E-state index < -0.39 is 24.2 Å². The summed E-state index contributed by atoms with van der Waals surface area (Å²) in [6.45, 7) is 6.43. The van der Waals surface area contributed by atoms with Gasteiger partial charge in [0.1, 0.15) is 19.1 Å². The second-order valence-electron chi connectivity index (χ2n) is 11.5. The summed E-state index contributed by atoms with van der Waals surface area (Å²) in [7, 11) is -5.47. The second kappa shape index (κ2) is 12.7. The van der Waals surface area contributed by atoms with Gasteiger partial charge in [0, 0.05) is 48.0 Å². The highest BCUT2D eigenvalue weighted by molar-refractivity contribution is 9.10. The minimum absolute atomic E-state index is 0.300. The lowest BCUT2D eigenvalue weighted by Crippen LogP contribution is -2.36. The molecule has 0 bridgehead atoms. The Morgan fingerprint density at radius 3 is 2.42 bits per heavy atom. The number of nitrogens with zero attached hydrogens (tertiary/aromatic N) is 4. The van der Waals surface area contributed by atoms with Gasteiger partial charge in [-0.3, -0.25) is 4.79 Å². The van der Waals surface area contributed by atoms with Crippen molar-refractivity contribution in [3.05, 3.63) is 98.8 Å². The number of benzene rings is 3. The zero-order chi connectivity index (χ0) is 30.9. The first-order valence-electron chi connectivity index (χ1n) is 13.6. The van der Waals surface area contributed by atoms with E-state index in [4.69, 9.17) is 32.9 Å². The van der Waals surface area contributed by atoms with Gasteiger partial charge in [0.15, 0.2) is 0 Å². The van der Waals surface area contributed by atoms with Crippen LogP contribution in [0.15, 0.2) is 77.4 Å². The first kappa shape index (κ1) is 31.7. The lowest BCUT2D eigenvalue weighted by Gasteiger charge is -2.21. The van der Waals surface area contributed by atoms with E-state index in [0.29, 0.717) is 40.1 Å². The summed E-state index contributed by atoms with van der Waals surface area (Å²) in [5.74, 6) is 0.190. The topological polar surface area (TPSA) is 84.7 Å². The number of rotatable bonds is 10. The minimum Gasteiger partial charge on any atom is -0.360 e. The van der Waals surface area contributed by atoms with Crippen molar-refractivity contribution in [2.45, 2.75) is 32.1 Å². The van der Waals surface area contributed by atoms with Crippen molar-refractivity contribution in [1.82, 2.24) is 13.9 Å². The van der Waals surface area contributed by atoms with Crippen LogP contribution in [-0.4, -0.2) is 56.1 Å². The molecule has 3 aromatic carbocycles. The molecule has 43 heavy (non-hydrogen) atoms. The van der Waals surface area contributed by atoms with Gasteiger partial charge in [-0.05, 0) is 60.1 Å². The molecule has 0 saturated carbocycles. The molecule has 4 aromatic rings. The summed E-state index contributed by atoms with van der Waals surface area (Å²) >= 11 is 16.1. The van der Waals surface area contributed by atoms with E-state index in [1.165, 1.54) is 0 Å². The lowest BCUT2D eigenvalue weighted by atomic mass is 10.1. The maximum Gasteiger partial charge on any atom is 0.331 e. The summed E-state index contributed by atoms with van der Waals surface area (Å²) in [4.78, 5) is 17.7. The molecule has 1 aromatic heterocycles. The van der Waals surface area contributed by atoms with E-state index in [9.17, 15) is 13.2 Å². The Morgan fingerprint density at radius 2 is 1.72 bits per heavy atom. The average Bonchev–Trinajstić information content (AvgIpc) is 3.45. The smallest absolute Gasteiger partial charge is 0.331 e. The quantitative estimate of drug-likeness (QED) is 0.126. The summed E-state index contributed by atoms with van der Waals surface area (Å²) in [5.41, 5.74) is 3.45. The molecule has 5 rings (SSSR count). The number of anilines is 1. The number of aromatic nitrogens is 2. The Morgan fingerprint density at radius 1 is 1.00 bits per heavy atom. The Balaban J connectivity index is 1.47. The predicted molar refractivity (Wildman–Crippen MR) is 178 cm³/mol. The van der Waals surface area contributed by atoms with Gasteiger partial charge in [0.25, 0.3) is 5.91 Å². The molecule has 0 atom stereocenters. The summed E-state index contributed by atoms with van der Waals surface area (Å²) < 4.78 is 37.3. The Labute approximate surface area is 271 Å². The van der Waals surface area contributed by atoms with Crippen LogP contribution in [0.1, 0.15) is 11.4 Å². The van der Waals surface area contributed by atoms with Gasteiger partial charge in [-0.2, -0.15) is 12.7 Å². The van der Waals surface area contributed by atoms with Crippen LogP contribution in [0.25, 0.3) is 16.9 Å². The fraction of sp³-hybridized carbons (Fsp3) is 0.267. The van der Waals surface area contributed by atoms with Crippen LogP contribution in [0.5, 0.6) is 0 Å². The molecule has 8 nitrogen and oxygen atoms in total. The first-order chi connectivity index (χ1) is 20.3. The van der Waals surface area contributed by atoms with Gasteiger partial charge in [-0.1, -0.05) is 77.0 Å². The van der Waals surface area contributed by atoms with Crippen LogP contribution in [0, 0.1) is 0 Å². The normalized spacial score (nSPS) is 15.0. The number of halogens is 3. The fourth-order valence-corrected chi connectivity index (χ4v) is 7.54. The molecule has 1 amide bonds. The van der Waals surface area contributed by atoms with Crippen molar-refractivity contribution >= 4 is 69.0 Å². The molecule has 13 heteroatoms. The Hall–Kier alpha value is -2.67. The van der Waals surface area contributed by atoms with Gasteiger partial charge >= 0.3 is 10.2 Å². The molecule has 1 aliphatic heterocycles. The first-order valence-corrected chi connectivity index (χ1v) is 20.3. The third-order valence-electron chi connectivity index (χ3n) is 6.98. The van der Waals surface area contributed by atoms with E-state index >= 15 is 0 Å². The Bertz CT molecular complexity index is 1760. The highest BCUT2D eigenvalue weighted by Gasteiger charge is 2.43. The largest absolute Gasteiger partial charge is 0.360 e. The van der Waals surface area contributed by atoms with E-state index in [0.717, 1.165) is 36.1 Å². The molecule has 0 aliphatic carbocycles. The monoisotopic (exact) mass is 720 g/mol. The molecular weight excluding hydrogens is 691 g/mol.